The molecule has 0 aliphatic carbocycles. The maximum atomic E-state index is 7.08. The Morgan fingerprint density at radius 3 is 1.54 bits per heavy atom. The summed E-state index contributed by atoms with van der Waals surface area (Å²) in [4.78, 5) is 15.4. The van der Waals surface area contributed by atoms with Gasteiger partial charge in [-0.1, -0.05) is 164 Å². The van der Waals surface area contributed by atoms with Crippen LogP contribution in [-0.2, 0) is 0 Å². The molecule has 13 aromatic rings. The number of hydrogen-bond acceptors (Lipinski definition) is 4. The third kappa shape index (κ3) is 5.41. The molecule has 0 radical (unpaired) electrons. The molecule has 13 rings (SSSR count). The fourth-order valence-corrected chi connectivity index (χ4v) is 9.64. The van der Waals surface area contributed by atoms with E-state index in [0.717, 1.165) is 82.8 Å². The molecule has 0 amide bonds. The van der Waals surface area contributed by atoms with E-state index in [1.807, 2.05) is 72.8 Å². The number of nitrogens with zero attached hydrogens (tertiary/aromatic N) is 5. The molecule has 63 heavy (non-hydrogen) atoms. The van der Waals surface area contributed by atoms with Crippen molar-refractivity contribution in [3.05, 3.63) is 212 Å². The first-order valence-corrected chi connectivity index (χ1v) is 21.2. The fraction of sp³-hybridized carbons (Fsp3) is 0. The molecule has 0 bridgehead atoms. The highest BCUT2D eigenvalue weighted by Gasteiger charge is 2.27. The molecule has 0 aliphatic rings. The predicted molar refractivity (Wildman–Crippen MR) is 258 cm³/mol. The molecule has 4 aromatic heterocycles. The van der Waals surface area contributed by atoms with Gasteiger partial charge in [-0.15, -0.1) is 0 Å². The Bertz CT molecular complexity index is 3830. The second kappa shape index (κ2) is 14.0. The van der Waals surface area contributed by atoms with Crippen LogP contribution in [0, 0.1) is 0 Å². The summed E-state index contributed by atoms with van der Waals surface area (Å²) in [5.41, 5.74) is 13.1. The molecule has 0 unspecified atom stereocenters. The van der Waals surface area contributed by atoms with Crippen LogP contribution in [0.15, 0.2) is 217 Å². The van der Waals surface area contributed by atoms with E-state index in [0.29, 0.717) is 17.5 Å². The Morgan fingerprint density at radius 2 is 0.873 bits per heavy atom. The van der Waals surface area contributed by atoms with Crippen LogP contribution in [0.2, 0.25) is 0 Å². The van der Waals surface area contributed by atoms with E-state index in [-0.39, 0.29) is 0 Å². The standard InChI is InChI=1S/C57H35N5O/c1-5-19-36(20-6-1)44-35-45-40-27-13-16-30-46(40)62(52(45)53-50(44)41-28-14-17-31-47(41)61(53)39-25-11-4-12-26-39)48-34-33-43(51-42-29-15-18-32-49(42)63-54(48)51)57-59-55(37-21-7-2-8-22-37)58-56(60-57)38-23-9-3-10-24-38/h1-35H. The number of para-hydroxylation sites is 4. The van der Waals surface area contributed by atoms with Crippen LogP contribution in [-0.4, -0.2) is 24.1 Å². The van der Waals surface area contributed by atoms with Crippen LogP contribution in [0.4, 0.5) is 0 Å². The molecular weight excluding hydrogens is 771 g/mol. The van der Waals surface area contributed by atoms with Crippen molar-refractivity contribution in [3.8, 4) is 56.7 Å². The van der Waals surface area contributed by atoms with Crippen molar-refractivity contribution in [2.24, 2.45) is 0 Å². The maximum absolute atomic E-state index is 7.08. The number of furan rings is 1. The van der Waals surface area contributed by atoms with E-state index in [1.165, 1.54) is 21.9 Å². The molecule has 0 aliphatic heterocycles. The van der Waals surface area contributed by atoms with Gasteiger partial charge in [-0.3, -0.25) is 0 Å². The van der Waals surface area contributed by atoms with E-state index in [1.54, 1.807) is 0 Å². The molecule has 0 spiro atoms. The van der Waals surface area contributed by atoms with Gasteiger partial charge in [-0.25, -0.2) is 15.0 Å². The molecular formula is C57H35N5O. The van der Waals surface area contributed by atoms with Gasteiger partial charge in [0, 0.05) is 54.7 Å². The lowest BCUT2D eigenvalue weighted by molar-refractivity contribution is 0.666. The fourth-order valence-electron chi connectivity index (χ4n) is 9.64. The third-order valence-corrected chi connectivity index (χ3v) is 12.4. The summed E-state index contributed by atoms with van der Waals surface area (Å²) in [5.74, 6) is 1.79. The summed E-state index contributed by atoms with van der Waals surface area (Å²) in [6, 6.07) is 74.3. The first-order valence-electron chi connectivity index (χ1n) is 21.2. The second-order valence-corrected chi connectivity index (χ2v) is 15.9. The minimum Gasteiger partial charge on any atom is -0.454 e. The monoisotopic (exact) mass is 805 g/mol. The Morgan fingerprint density at radius 1 is 0.349 bits per heavy atom. The Hall–Kier alpha value is -8.61. The van der Waals surface area contributed by atoms with Crippen molar-refractivity contribution in [3.63, 3.8) is 0 Å². The van der Waals surface area contributed by atoms with Crippen molar-refractivity contribution in [2.45, 2.75) is 0 Å². The van der Waals surface area contributed by atoms with Crippen LogP contribution in [0.3, 0.4) is 0 Å². The van der Waals surface area contributed by atoms with Gasteiger partial charge in [0.1, 0.15) is 5.58 Å². The molecule has 0 saturated carbocycles. The highest BCUT2D eigenvalue weighted by Crippen LogP contribution is 2.48. The van der Waals surface area contributed by atoms with Gasteiger partial charge in [0.05, 0.1) is 27.8 Å². The topological polar surface area (TPSA) is 61.7 Å². The lowest BCUT2D eigenvalue weighted by Crippen LogP contribution is -2.02. The predicted octanol–water partition coefficient (Wildman–Crippen LogP) is 14.6. The molecule has 0 saturated heterocycles. The van der Waals surface area contributed by atoms with E-state index >= 15 is 0 Å². The Labute approximate surface area is 361 Å². The van der Waals surface area contributed by atoms with Crippen LogP contribution in [0.5, 0.6) is 0 Å². The van der Waals surface area contributed by atoms with Gasteiger partial charge in [0.25, 0.3) is 0 Å². The average Bonchev–Trinajstić information content (AvgIpc) is 4.03. The number of hydrogen-bond donors (Lipinski definition) is 0. The summed E-state index contributed by atoms with van der Waals surface area (Å²) in [7, 11) is 0. The van der Waals surface area contributed by atoms with Gasteiger partial charge in [-0.2, -0.15) is 0 Å². The normalized spacial score (nSPS) is 11.8. The van der Waals surface area contributed by atoms with E-state index in [9.17, 15) is 0 Å². The quantitative estimate of drug-likeness (QED) is 0.168. The summed E-state index contributed by atoms with van der Waals surface area (Å²) in [5, 5.41) is 6.63. The third-order valence-electron chi connectivity index (χ3n) is 12.4. The molecule has 0 N–H and O–H groups in total. The number of rotatable bonds is 6. The number of fused-ring (bicyclic) bond motifs is 10. The van der Waals surface area contributed by atoms with E-state index < -0.39 is 0 Å². The minimum atomic E-state index is 0.576. The van der Waals surface area contributed by atoms with Crippen molar-refractivity contribution >= 4 is 65.6 Å². The largest absolute Gasteiger partial charge is 0.454 e. The average molecular weight is 806 g/mol. The SMILES string of the molecule is c1ccc(-c2nc(-c3ccccc3)nc(-c3ccc(-n4c5ccccc5c5cc(-c6ccccc6)c6c7ccccc7n(-c7ccccc7)c6c54)c4oc5ccccc5c34)n2)cc1. The van der Waals surface area contributed by atoms with Crippen molar-refractivity contribution < 1.29 is 4.42 Å². The molecule has 6 nitrogen and oxygen atoms in total. The number of benzene rings is 9. The lowest BCUT2D eigenvalue weighted by Gasteiger charge is -2.15. The highest BCUT2D eigenvalue weighted by atomic mass is 16.3. The van der Waals surface area contributed by atoms with Gasteiger partial charge < -0.3 is 13.6 Å². The van der Waals surface area contributed by atoms with Crippen LogP contribution < -0.4 is 0 Å². The van der Waals surface area contributed by atoms with E-state index in [4.69, 9.17) is 19.4 Å². The first kappa shape index (κ1) is 35.2. The summed E-state index contributed by atoms with van der Waals surface area (Å²) < 4.78 is 11.9. The van der Waals surface area contributed by atoms with Gasteiger partial charge >= 0.3 is 0 Å². The van der Waals surface area contributed by atoms with Crippen molar-refractivity contribution in [1.29, 1.82) is 0 Å². The first-order chi connectivity index (χ1) is 31.3. The van der Waals surface area contributed by atoms with Gasteiger partial charge in [0.2, 0.25) is 0 Å². The smallest absolute Gasteiger partial charge is 0.164 e. The van der Waals surface area contributed by atoms with Crippen molar-refractivity contribution in [2.75, 3.05) is 0 Å². The molecule has 0 atom stereocenters. The van der Waals surface area contributed by atoms with E-state index in [2.05, 4.69) is 149 Å². The molecule has 9 aromatic carbocycles. The van der Waals surface area contributed by atoms with Crippen molar-refractivity contribution in [1.82, 2.24) is 24.1 Å². The Balaban J connectivity index is 1.18. The molecule has 294 valence electrons. The molecule has 4 heterocycles. The summed E-state index contributed by atoms with van der Waals surface area (Å²) in [6.45, 7) is 0. The summed E-state index contributed by atoms with van der Waals surface area (Å²) in [6.07, 6.45) is 0. The second-order valence-electron chi connectivity index (χ2n) is 15.9. The highest BCUT2D eigenvalue weighted by molar-refractivity contribution is 6.28. The lowest BCUT2D eigenvalue weighted by atomic mass is 9.96. The maximum Gasteiger partial charge on any atom is 0.164 e. The summed E-state index contributed by atoms with van der Waals surface area (Å²) >= 11 is 0. The van der Waals surface area contributed by atoms with Crippen LogP contribution >= 0.6 is 0 Å². The number of aromatic nitrogens is 5. The molecule has 6 heteroatoms. The minimum absolute atomic E-state index is 0.576. The molecule has 0 fully saturated rings. The van der Waals surface area contributed by atoms with Crippen LogP contribution in [0.1, 0.15) is 0 Å². The zero-order chi connectivity index (χ0) is 41.4. The van der Waals surface area contributed by atoms with Crippen LogP contribution in [0.25, 0.3) is 122 Å². The van der Waals surface area contributed by atoms with Gasteiger partial charge in [-0.05, 0) is 59.7 Å². The van der Waals surface area contributed by atoms with Gasteiger partial charge in [0.15, 0.2) is 23.1 Å². The Kier molecular flexibility index (Phi) is 7.80. The zero-order valence-corrected chi connectivity index (χ0v) is 33.9. The zero-order valence-electron chi connectivity index (χ0n) is 33.9.